The van der Waals surface area contributed by atoms with E-state index in [1.54, 1.807) is 6.07 Å². The lowest BCUT2D eigenvalue weighted by molar-refractivity contribution is -0.136. The topological polar surface area (TPSA) is 7.60 Å². The highest BCUT2D eigenvalue weighted by atomic mass is 19.4. The SMILES string of the molecule is [C-]#[N+]c1ccc(N2CCCC[C@@H]2CC)cc1C(F)(F)F. The lowest BCUT2D eigenvalue weighted by Gasteiger charge is -2.37. The van der Waals surface area contributed by atoms with Gasteiger partial charge in [-0.3, -0.25) is 0 Å². The normalized spacial score (nSPS) is 19.8. The Bertz CT molecular complexity index is 517. The van der Waals surface area contributed by atoms with Gasteiger partial charge in [0, 0.05) is 18.3 Å². The van der Waals surface area contributed by atoms with Crippen LogP contribution in [-0.4, -0.2) is 12.6 Å². The Morgan fingerprint density at radius 2 is 2.10 bits per heavy atom. The number of nitrogens with zero attached hydrogens (tertiary/aromatic N) is 2. The van der Waals surface area contributed by atoms with E-state index in [-0.39, 0.29) is 5.69 Å². The Morgan fingerprint density at radius 1 is 1.35 bits per heavy atom. The van der Waals surface area contributed by atoms with Gasteiger partial charge in [0.1, 0.15) is 0 Å². The maximum absolute atomic E-state index is 13.0. The molecule has 0 spiro atoms. The molecule has 2 rings (SSSR count). The van der Waals surface area contributed by atoms with Crippen LogP contribution in [0.1, 0.15) is 38.2 Å². The minimum atomic E-state index is -4.48. The second-order valence-corrected chi connectivity index (χ2v) is 5.06. The van der Waals surface area contributed by atoms with Crippen molar-refractivity contribution in [2.24, 2.45) is 0 Å². The van der Waals surface area contributed by atoms with Gasteiger partial charge in [-0.05, 0) is 37.8 Å². The van der Waals surface area contributed by atoms with Crippen LogP contribution in [0.25, 0.3) is 4.85 Å². The molecular weight excluding hydrogens is 265 g/mol. The Balaban J connectivity index is 2.40. The molecule has 1 aliphatic rings. The van der Waals surface area contributed by atoms with E-state index in [4.69, 9.17) is 6.57 Å². The summed E-state index contributed by atoms with van der Waals surface area (Å²) in [6.07, 6.45) is -0.411. The quantitative estimate of drug-likeness (QED) is 0.691. The zero-order chi connectivity index (χ0) is 14.8. The summed E-state index contributed by atoms with van der Waals surface area (Å²) < 4.78 is 39.0. The third-order valence-electron chi connectivity index (χ3n) is 3.84. The average molecular weight is 282 g/mol. The molecule has 20 heavy (non-hydrogen) atoms. The molecule has 1 heterocycles. The smallest absolute Gasteiger partial charge is 0.369 e. The van der Waals surface area contributed by atoms with Crippen LogP contribution < -0.4 is 4.90 Å². The minimum absolute atomic E-state index is 0.295. The van der Waals surface area contributed by atoms with Crippen molar-refractivity contribution in [3.8, 4) is 0 Å². The van der Waals surface area contributed by atoms with Gasteiger partial charge in [-0.2, -0.15) is 13.2 Å². The molecule has 0 aliphatic carbocycles. The first-order chi connectivity index (χ1) is 9.47. The predicted molar refractivity (Wildman–Crippen MR) is 73.0 cm³/mol. The van der Waals surface area contributed by atoms with Crippen molar-refractivity contribution in [3.05, 3.63) is 35.2 Å². The molecule has 1 aromatic rings. The van der Waals surface area contributed by atoms with Gasteiger partial charge in [0.25, 0.3) is 0 Å². The molecule has 0 saturated carbocycles. The third kappa shape index (κ3) is 2.90. The molecular formula is C15H17F3N2. The van der Waals surface area contributed by atoms with E-state index in [9.17, 15) is 13.2 Å². The molecule has 1 aliphatic heterocycles. The molecule has 2 nitrogen and oxygen atoms in total. The Kier molecular flexibility index (Phi) is 4.22. The summed E-state index contributed by atoms with van der Waals surface area (Å²) in [6, 6.07) is 4.34. The summed E-state index contributed by atoms with van der Waals surface area (Å²) in [7, 11) is 0. The van der Waals surface area contributed by atoms with Crippen molar-refractivity contribution in [2.45, 2.75) is 44.8 Å². The van der Waals surface area contributed by atoms with Crippen molar-refractivity contribution in [1.82, 2.24) is 0 Å². The van der Waals surface area contributed by atoms with E-state index in [0.29, 0.717) is 11.7 Å². The van der Waals surface area contributed by atoms with Crippen molar-refractivity contribution < 1.29 is 13.2 Å². The number of piperidine rings is 1. The second kappa shape index (κ2) is 5.74. The van der Waals surface area contributed by atoms with Crippen molar-refractivity contribution >= 4 is 11.4 Å². The maximum Gasteiger partial charge on any atom is 0.407 e. The van der Waals surface area contributed by atoms with Gasteiger partial charge in [-0.15, -0.1) is 0 Å². The largest absolute Gasteiger partial charge is 0.407 e. The molecule has 1 fully saturated rings. The fourth-order valence-electron chi connectivity index (χ4n) is 2.79. The number of hydrogen-bond donors (Lipinski definition) is 0. The molecule has 0 aromatic heterocycles. The maximum atomic E-state index is 13.0. The highest BCUT2D eigenvalue weighted by Crippen LogP contribution is 2.39. The first-order valence-electron chi connectivity index (χ1n) is 6.82. The summed E-state index contributed by atoms with van der Waals surface area (Å²) in [5.41, 5.74) is -0.576. The first-order valence-corrected chi connectivity index (χ1v) is 6.82. The molecule has 0 bridgehead atoms. The summed E-state index contributed by atoms with van der Waals surface area (Å²) in [5.74, 6) is 0. The Labute approximate surface area is 117 Å². The zero-order valence-corrected chi connectivity index (χ0v) is 11.4. The fraction of sp³-hybridized carbons (Fsp3) is 0.533. The van der Waals surface area contributed by atoms with E-state index in [1.165, 1.54) is 6.07 Å². The Morgan fingerprint density at radius 3 is 2.70 bits per heavy atom. The molecule has 0 amide bonds. The van der Waals surface area contributed by atoms with Crippen molar-refractivity contribution in [3.63, 3.8) is 0 Å². The van der Waals surface area contributed by atoms with Gasteiger partial charge in [0.2, 0.25) is 0 Å². The molecule has 108 valence electrons. The molecule has 0 unspecified atom stereocenters. The zero-order valence-electron chi connectivity index (χ0n) is 11.4. The standard InChI is InChI=1S/C15H17F3N2/c1-3-11-6-4-5-9-20(11)12-7-8-14(19-2)13(10-12)15(16,17)18/h7-8,10-11H,3-6,9H2,1H3/t11-/m0/s1. The van der Waals surface area contributed by atoms with Gasteiger partial charge >= 0.3 is 6.18 Å². The number of alkyl halides is 3. The summed E-state index contributed by atoms with van der Waals surface area (Å²) in [6.45, 7) is 9.71. The van der Waals surface area contributed by atoms with E-state index in [2.05, 4.69) is 11.8 Å². The number of rotatable bonds is 2. The van der Waals surface area contributed by atoms with Crippen LogP contribution in [0.3, 0.4) is 0 Å². The fourth-order valence-corrected chi connectivity index (χ4v) is 2.79. The van der Waals surface area contributed by atoms with E-state index < -0.39 is 11.7 Å². The summed E-state index contributed by atoms with van der Waals surface area (Å²) in [4.78, 5) is 5.02. The lowest BCUT2D eigenvalue weighted by Crippen LogP contribution is -2.39. The Hall–Kier alpha value is -1.70. The van der Waals surface area contributed by atoms with Crippen LogP contribution in [0.4, 0.5) is 24.5 Å². The number of hydrogen-bond acceptors (Lipinski definition) is 1. The van der Waals surface area contributed by atoms with Crippen molar-refractivity contribution in [2.75, 3.05) is 11.4 Å². The number of benzene rings is 1. The van der Waals surface area contributed by atoms with Gasteiger partial charge < -0.3 is 4.90 Å². The van der Waals surface area contributed by atoms with E-state index in [0.717, 1.165) is 38.3 Å². The summed E-state index contributed by atoms with van der Waals surface area (Å²) >= 11 is 0. The number of anilines is 1. The average Bonchev–Trinajstić information content (AvgIpc) is 2.45. The molecule has 0 N–H and O–H groups in total. The van der Waals surface area contributed by atoms with Gasteiger partial charge in [0.05, 0.1) is 12.1 Å². The van der Waals surface area contributed by atoms with Crippen LogP contribution in [0.2, 0.25) is 0 Å². The monoisotopic (exact) mass is 282 g/mol. The second-order valence-electron chi connectivity index (χ2n) is 5.06. The molecule has 1 atom stereocenters. The lowest BCUT2D eigenvalue weighted by atomic mass is 9.98. The first kappa shape index (κ1) is 14.7. The van der Waals surface area contributed by atoms with Gasteiger partial charge in [0.15, 0.2) is 5.69 Å². The van der Waals surface area contributed by atoms with E-state index >= 15 is 0 Å². The van der Waals surface area contributed by atoms with Crippen LogP contribution in [0.15, 0.2) is 18.2 Å². The van der Waals surface area contributed by atoms with Gasteiger partial charge in [-0.25, -0.2) is 4.85 Å². The highest BCUT2D eigenvalue weighted by Gasteiger charge is 2.34. The third-order valence-corrected chi connectivity index (χ3v) is 3.84. The van der Waals surface area contributed by atoms with Crippen LogP contribution in [0, 0.1) is 6.57 Å². The molecule has 1 saturated heterocycles. The highest BCUT2D eigenvalue weighted by molar-refractivity contribution is 5.62. The van der Waals surface area contributed by atoms with Crippen molar-refractivity contribution in [1.29, 1.82) is 0 Å². The molecule has 1 aromatic carbocycles. The van der Waals surface area contributed by atoms with Crippen LogP contribution >= 0.6 is 0 Å². The molecule has 0 radical (unpaired) electrons. The summed E-state index contributed by atoms with van der Waals surface area (Å²) in [5, 5.41) is 0. The van der Waals surface area contributed by atoms with Crippen LogP contribution in [-0.2, 0) is 6.18 Å². The molecule has 5 heteroatoms. The minimum Gasteiger partial charge on any atom is -0.369 e. The number of halogens is 3. The van der Waals surface area contributed by atoms with Crippen LogP contribution in [0.5, 0.6) is 0 Å². The predicted octanol–water partition coefficient (Wildman–Crippen LogP) is 5.03. The van der Waals surface area contributed by atoms with Gasteiger partial charge in [-0.1, -0.05) is 13.0 Å². The van der Waals surface area contributed by atoms with E-state index in [1.807, 2.05) is 4.90 Å².